The second-order valence-electron chi connectivity index (χ2n) is 3.92. The van der Waals surface area contributed by atoms with Crippen LogP contribution < -0.4 is 16.1 Å². The van der Waals surface area contributed by atoms with Gasteiger partial charge in [0, 0.05) is 25.9 Å². The molecule has 0 unspecified atom stereocenters. The second-order valence-corrected chi connectivity index (χ2v) is 3.92. The van der Waals surface area contributed by atoms with Crippen molar-refractivity contribution < 1.29 is 4.84 Å². The smallest absolute Gasteiger partial charge is 0.113 e. The maximum Gasteiger partial charge on any atom is 0.113 e. The molecule has 0 bridgehead atoms. The molecular formula is C13H26N4O. The van der Waals surface area contributed by atoms with E-state index in [1.165, 1.54) is 12.7 Å². The lowest BCUT2D eigenvalue weighted by molar-refractivity contribution is 0.159. The fraction of sp³-hybridized carbons (Fsp3) is 0.615. The highest BCUT2D eigenvalue weighted by atomic mass is 16.6. The predicted octanol–water partition coefficient (Wildman–Crippen LogP) is 1.55. The normalized spacial score (nSPS) is 11.8. The van der Waals surface area contributed by atoms with Gasteiger partial charge >= 0.3 is 0 Å². The first-order valence-corrected chi connectivity index (χ1v) is 6.41. The van der Waals surface area contributed by atoms with Crippen LogP contribution in [0.4, 0.5) is 0 Å². The van der Waals surface area contributed by atoms with Crippen LogP contribution in [-0.4, -0.2) is 32.4 Å². The SMILES string of the molecule is CCCNCCCN/C=C(\C)C(=N)/C=C/ONC. The first-order chi connectivity index (χ1) is 8.72. The van der Waals surface area contributed by atoms with Crippen LogP contribution in [0.1, 0.15) is 26.7 Å². The molecule has 104 valence electrons. The van der Waals surface area contributed by atoms with Crippen LogP contribution in [0, 0.1) is 5.41 Å². The van der Waals surface area contributed by atoms with E-state index in [9.17, 15) is 0 Å². The van der Waals surface area contributed by atoms with Gasteiger partial charge in [-0.05, 0) is 38.4 Å². The molecule has 4 N–H and O–H groups in total. The number of hydrogen-bond donors (Lipinski definition) is 4. The van der Waals surface area contributed by atoms with E-state index >= 15 is 0 Å². The molecule has 0 fully saturated rings. The van der Waals surface area contributed by atoms with Crippen LogP contribution in [0.5, 0.6) is 0 Å². The fourth-order valence-electron chi connectivity index (χ4n) is 1.22. The summed E-state index contributed by atoms with van der Waals surface area (Å²) < 4.78 is 0. The van der Waals surface area contributed by atoms with Crippen molar-refractivity contribution in [1.82, 2.24) is 16.1 Å². The quantitative estimate of drug-likeness (QED) is 0.195. The molecule has 0 aromatic rings. The minimum absolute atomic E-state index is 0.432. The summed E-state index contributed by atoms with van der Waals surface area (Å²) in [4.78, 5) is 4.81. The van der Waals surface area contributed by atoms with Gasteiger partial charge in [-0.25, -0.2) is 0 Å². The van der Waals surface area contributed by atoms with Crippen molar-refractivity contribution in [2.45, 2.75) is 26.7 Å². The maximum atomic E-state index is 7.73. The molecule has 0 atom stereocenters. The zero-order chi connectivity index (χ0) is 13.6. The molecule has 5 heteroatoms. The fourth-order valence-corrected chi connectivity index (χ4v) is 1.22. The summed E-state index contributed by atoms with van der Waals surface area (Å²) in [5.74, 6) is 0. The molecule has 0 spiro atoms. The van der Waals surface area contributed by atoms with Crippen molar-refractivity contribution in [2.75, 3.05) is 26.7 Å². The van der Waals surface area contributed by atoms with Crippen LogP contribution in [0.3, 0.4) is 0 Å². The third kappa shape index (κ3) is 9.86. The van der Waals surface area contributed by atoms with Gasteiger partial charge in [-0.3, -0.25) is 0 Å². The summed E-state index contributed by atoms with van der Waals surface area (Å²) in [7, 11) is 1.67. The average molecular weight is 254 g/mol. The molecule has 0 saturated heterocycles. The van der Waals surface area contributed by atoms with E-state index < -0.39 is 0 Å². The number of allylic oxidation sites excluding steroid dienone is 2. The monoisotopic (exact) mass is 254 g/mol. The molecule has 0 aromatic carbocycles. The average Bonchev–Trinajstić information content (AvgIpc) is 2.37. The van der Waals surface area contributed by atoms with Gasteiger partial charge in [0.25, 0.3) is 0 Å². The summed E-state index contributed by atoms with van der Waals surface area (Å²) in [6.07, 6.45) is 7.17. The lowest BCUT2D eigenvalue weighted by atomic mass is 10.2. The Labute approximate surface area is 110 Å². The van der Waals surface area contributed by atoms with Crippen LogP contribution in [-0.2, 0) is 4.84 Å². The third-order valence-electron chi connectivity index (χ3n) is 2.27. The lowest BCUT2D eigenvalue weighted by Crippen LogP contribution is -2.20. The van der Waals surface area contributed by atoms with E-state index in [0.717, 1.165) is 31.6 Å². The van der Waals surface area contributed by atoms with E-state index in [1.54, 1.807) is 13.1 Å². The molecule has 0 amide bonds. The molecule has 0 heterocycles. The highest BCUT2D eigenvalue weighted by Gasteiger charge is 1.94. The Hall–Kier alpha value is -1.33. The van der Waals surface area contributed by atoms with E-state index in [4.69, 9.17) is 10.2 Å². The molecule has 18 heavy (non-hydrogen) atoms. The van der Waals surface area contributed by atoms with Gasteiger partial charge in [0.2, 0.25) is 0 Å². The summed E-state index contributed by atoms with van der Waals surface area (Å²) >= 11 is 0. The number of hydroxylamine groups is 1. The van der Waals surface area contributed by atoms with Gasteiger partial charge in [0.05, 0.1) is 5.71 Å². The highest BCUT2D eigenvalue weighted by molar-refractivity contribution is 6.05. The van der Waals surface area contributed by atoms with Crippen molar-refractivity contribution in [3.8, 4) is 0 Å². The third-order valence-corrected chi connectivity index (χ3v) is 2.27. The van der Waals surface area contributed by atoms with E-state index in [0.29, 0.717) is 5.71 Å². The Bertz CT molecular complexity index is 274. The van der Waals surface area contributed by atoms with Gasteiger partial charge in [0.15, 0.2) is 0 Å². The van der Waals surface area contributed by atoms with Crippen LogP contribution in [0.15, 0.2) is 24.1 Å². The maximum absolute atomic E-state index is 7.73. The Morgan fingerprint density at radius 3 is 2.72 bits per heavy atom. The predicted molar refractivity (Wildman–Crippen MR) is 76.5 cm³/mol. The van der Waals surface area contributed by atoms with Crippen LogP contribution >= 0.6 is 0 Å². The largest absolute Gasteiger partial charge is 0.417 e. The molecular weight excluding hydrogens is 228 g/mol. The number of rotatable bonds is 11. The lowest BCUT2D eigenvalue weighted by Gasteiger charge is -2.04. The number of nitrogens with one attached hydrogen (secondary N) is 4. The number of hydrogen-bond acceptors (Lipinski definition) is 5. The minimum atomic E-state index is 0.432. The van der Waals surface area contributed by atoms with Gasteiger partial charge in [-0.15, -0.1) is 0 Å². The zero-order valence-corrected chi connectivity index (χ0v) is 11.7. The van der Waals surface area contributed by atoms with Gasteiger partial charge in [0.1, 0.15) is 6.26 Å². The standard InChI is InChI=1S/C13H26N4O/c1-4-7-16-8-5-9-17-11-12(2)13(14)6-10-18-15-3/h6,10-11,14-17H,4-5,7-9H2,1-3H3/b10-6+,12-11+,14-13?. The van der Waals surface area contributed by atoms with E-state index in [-0.39, 0.29) is 0 Å². The van der Waals surface area contributed by atoms with Crippen LogP contribution in [0.25, 0.3) is 0 Å². The Morgan fingerprint density at radius 1 is 1.28 bits per heavy atom. The molecule has 0 aliphatic carbocycles. The zero-order valence-electron chi connectivity index (χ0n) is 11.7. The molecule has 5 nitrogen and oxygen atoms in total. The Kier molecular flexibility index (Phi) is 11.2. The second kappa shape index (κ2) is 12.1. The van der Waals surface area contributed by atoms with Gasteiger partial charge < -0.3 is 20.9 Å². The highest BCUT2D eigenvalue weighted by Crippen LogP contribution is 1.95. The van der Waals surface area contributed by atoms with Crippen molar-refractivity contribution >= 4 is 5.71 Å². The van der Waals surface area contributed by atoms with Crippen molar-refractivity contribution in [3.05, 3.63) is 24.1 Å². The Balaban J connectivity index is 3.66. The molecule has 0 saturated carbocycles. The first-order valence-electron chi connectivity index (χ1n) is 6.41. The summed E-state index contributed by atoms with van der Waals surface area (Å²) in [5, 5.41) is 14.3. The molecule has 0 radical (unpaired) electrons. The summed E-state index contributed by atoms with van der Waals surface area (Å²) in [6, 6.07) is 0. The molecule has 0 aromatic heterocycles. The van der Waals surface area contributed by atoms with E-state index in [1.807, 2.05) is 13.1 Å². The van der Waals surface area contributed by atoms with Gasteiger partial charge in [-0.2, -0.15) is 5.48 Å². The summed E-state index contributed by atoms with van der Waals surface area (Å²) in [5.41, 5.74) is 3.83. The van der Waals surface area contributed by atoms with Crippen molar-refractivity contribution in [1.29, 1.82) is 5.41 Å². The molecule has 0 aliphatic rings. The van der Waals surface area contributed by atoms with E-state index in [2.05, 4.69) is 23.0 Å². The van der Waals surface area contributed by atoms with Gasteiger partial charge in [-0.1, -0.05) is 6.92 Å². The first kappa shape index (κ1) is 16.7. The summed E-state index contributed by atoms with van der Waals surface area (Å²) in [6.45, 7) is 7.08. The Morgan fingerprint density at radius 2 is 2.06 bits per heavy atom. The van der Waals surface area contributed by atoms with Crippen LogP contribution in [0.2, 0.25) is 0 Å². The van der Waals surface area contributed by atoms with Crippen molar-refractivity contribution in [2.24, 2.45) is 0 Å². The topological polar surface area (TPSA) is 69.2 Å². The molecule has 0 aliphatic heterocycles. The van der Waals surface area contributed by atoms with Crippen molar-refractivity contribution in [3.63, 3.8) is 0 Å². The minimum Gasteiger partial charge on any atom is -0.417 e. The molecule has 0 rings (SSSR count).